The Hall–Kier alpha value is -1.60. The predicted octanol–water partition coefficient (Wildman–Crippen LogP) is 1.85. The molecule has 1 aromatic rings. The van der Waals surface area contributed by atoms with Gasteiger partial charge in [-0.05, 0) is 43.0 Å². The van der Waals surface area contributed by atoms with Crippen molar-refractivity contribution in [3.63, 3.8) is 0 Å². The Bertz CT molecular complexity index is 501. The third-order valence-electron chi connectivity index (χ3n) is 3.71. The van der Waals surface area contributed by atoms with Crippen molar-refractivity contribution in [2.45, 2.75) is 25.7 Å². The van der Waals surface area contributed by atoms with Crippen molar-refractivity contribution in [2.24, 2.45) is 10.9 Å². The molecule has 0 unspecified atom stereocenters. The van der Waals surface area contributed by atoms with E-state index in [1.807, 2.05) is 17.5 Å². The number of carbonyl (C=O) groups is 1. The molecule has 0 bridgehead atoms. The summed E-state index contributed by atoms with van der Waals surface area (Å²) in [4.78, 5) is 16.7. The van der Waals surface area contributed by atoms with E-state index < -0.39 is 0 Å². The second-order valence-electron chi connectivity index (χ2n) is 5.88. The number of ether oxygens (including phenoxy) is 1. The number of carbonyl (C=O) groups excluding carboxylic acids is 1. The van der Waals surface area contributed by atoms with Crippen molar-refractivity contribution in [1.29, 1.82) is 0 Å². The fraction of sp³-hybridized carbons (Fsp3) is 0.647. The Morgan fingerprint density at radius 1 is 1.25 bits per heavy atom. The van der Waals surface area contributed by atoms with Crippen LogP contribution >= 0.6 is 11.3 Å². The van der Waals surface area contributed by atoms with Gasteiger partial charge in [-0.3, -0.25) is 9.79 Å². The molecule has 0 aromatic carbocycles. The van der Waals surface area contributed by atoms with Crippen molar-refractivity contribution in [3.8, 4) is 0 Å². The van der Waals surface area contributed by atoms with Crippen molar-refractivity contribution < 1.29 is 9.53 Å². The molecule has 1 saturated carbocycles. The number of hydrogen-bond donors (Lipinski definition) is 3. The summed E-state index contributed by atoms with van der Waals surface area (Å²) in [7, 11) is 1.76. The zero-order valence-electron chi connectivity index (χ0n) is 14.3. The Kier molecular flexibility index (Phi) is 8.62. The molecule has 6 nitrogen and oxygen atoms in total. The first-order valence-corrected chi connectivity index (χ1v) is 9.51. The number of amides is 1. The van der Waals surface area contributed by atoms with Crippen LogP contribution in [0.3, 0.4) is 0 Å². The molecule has 0 spiro atoms. The summed E-state index contributed by atoms with van der Waals surface area (Å²) in [5.41, 5.74) is 0. The van der Waals surface area contributed by atoms with Gasteiger partial charge in [-0.25, -0.2) is 0 Å². The van der Waals surface area contributed by atoms with Gasteiger partial charge in [-0.15, -0.1) is 11.3 Å². The minimum Gasteiger partial charge on any atom is -0.381 e. The van der Waals surface area contributed by atoms with E-state index in [2.05, 4.69) is 20.9 Å². The summed E-state index contributed by atoms with van der Waals surface area (Å²) in [6.45, 7) is 3.98. The highest BCUT2D eigenvalue weighted by Gasteiger charge is 2.20. The van der Waals surface area contributed by atoms with E-state index >= 15 is 0 Å². The maximum atomic E-state index is 11.8. The summed E-state index contributed by atoms with van der Waals surface area (Å²) in [6, 6.07) is 3.71. The lowest BCUT2D eigenvalue weighted by atomic mass is 10.4. The Labute approximate surface area is 148 Å². The summed E-state index contributed by atoms with van der Waals surface area (Å²) < 4.78 is 5.60. The van der Waals surface area contributed by atoms with Crippen LogP contribution < -0.4 is 16.0 Å². The molecule has 1 aromatic heterocycles. The van der Waals surface area contributed by atoms with Crippen LogP contribution in [0.1, 0.15) is 35.4 Å². The van der Waals surface area contributed by atoms with E-state index in [9.17, 15) is 4.79 Å². The monoisotopic (exact) mass is 352 g/mol. The average Bonchev–Trinajstić information content (AvgIpc) is 3.25. The highest BCUT2D eigenvalue weighted by molar-refractivity contribution is 7.12. The topological polar surface area (TPSA) is 74.8 Å². The van der Waals surface area contributed by atoms with Gasteiger partial charge in [0.15, 0.2) is 5.96 Å². The van der Waals surface area contributed by atoms with Gasteiger partial charge >= 0.3 is 0 Å². The number of aliphatic imine (C=N–C) groups is 1. The predicted molar refractivity (Wildman–Crippen MR) is 98.8 cm³/mol. The second kappa shape index (κ2) is 11.0. The molecule has 3 N–H and O–H groups in total. The fourth-order valence-corrected chi connectivity index (χ4v) is 2.77. The van der Waals surface area contributed by atoms with Gasteiger partial charge in [0.1, 0.15) is 0 Å². The molecule has 0 saturated heterocycles. The molecule has 0 radical (unpaired) electrons. The van der Waals surface area contributed by atoms with Gasteiger partial charge in [0, 0.05) is 39.9 Å². The maximum absolute atomic E-state index is 11.8. The smallest absolute Gasteiger partial charge is 0.261 e. The third-order valence-corrected chi connectivity index (χ3v) is 4.58. The standard InChI is InChI=1S/C17H28N4O2S/c1-18-17(21-10-4-11-23-13-14-6-7-14)20-9-3-8-19-16(22)15-5-2-12-24-15/h2,5,12,14H,3-4,6-11,13H2,1H3,(H,19,22)(H2,18,20,21). The molecule has 24 heavy (non-hydrogen) atoms. The van der Waals surface area contributed by atoms with E-state index in [1.54, 1.807) is 7.05 Å². The first-order chi connectivity index (χ1) is 11.8. The summed E-state index contributed by atoms with van der Waals surface area (Å²) >= 11 is 1.46. The lowest BCUT2D eigenvalue weighted by Crippen LogP contribution is -2.39. The van der Waals surface area contributed by atoms with Gasteiger partial charge < -0.3 is 20.7 Å². The summed E-state index contributed by atoms with van der Waals surface area (Å²) in [5, 5.41) is 11.3. The SMILES string of the molecule is CN=C(NCCCNC(=O)c1cccs1)NCCCOCC1CC1. The van der Waals surface area contributed by atoms with Crippen LogP contribution in [0.5, 0.6) is 0 Å². The molecule has 134 valence electrons. The van der Waals surface area contributed by atoms with Crippen LogP contribution in [-0.4, -0.2) is 51.8 Å². The second-order valence-corrected chi connectivity index (χ2v) is 6.83. The van der Waals surface area contributed by atoms with Crippen LogP contribution in [0.25, 0.3) is 0 Å². The molecule has 1 heterocycles. The molecule has 2 rings (SSSR count). The molecule has 1 fully saturated rings. The molecule has 1 aliphatic carbocycles. The van der Waals surface area contributed by atoms with Gasteiger partial charge in [0.05, 0.1) is 4.88 Å². The van der Waals surface area contributed by atoms with Gasteiger partial charge in [0.2, 0.25) is 0 Å². The molecule has 1 amide bonds. The van der Waals surface area contributed by atoms with E-state index in [-0.39, 0.29) is 5.91 Å². The lowest BCUT2D eigenvalue weighted by Gasteiger charge is -2.12. The first-order valence-electron chi connectivity index (χ1n) is 8.63. The number of nitrogens with one attached hydrogen (secondary N) is 3. The van der Waals surface area contributed by atoms with Gasteiger partial charge in [0.25, 0.3) is 5.91 Å². The summed E-state index contributed by atoms with van der Waals surface area (Å²) in [5.74, 6) is 1.62. The van der Waals surface area contributed by atoms with Crippen LogP contribution in [0, 0.1) is 5.92 Å². The Balaban J connectivity index is 1.43. The van der Waals surface area contributed by atoms with E-state index in [4.69, 9.17) is 4.74 Å². The van der Waals surface area contributed by atoms with Crippen molar-refractivity contribution in [1.82, 2.24) is 16.0 Å². The minimum absolute atomic E-state index is 0.00120. The fourth-order valence-electron chi connectivity index (χ4n) is 2.13. The van der Waals surface area contributed by atoms with Crippen LogP contribution in [-0.2, 0) is 4.74 Å². The normalized spacial score (nSPS) is 14.5. The van der Waals surface area contributed by atoms with Crippen molar-refractivity contribution in [3.05, 3.63) is 22.4 Å². The quantitative estimate of drug-likeness (QED) is 0.323. The summed E-state index contributed by atoms with van der Waals surface area (Å²) in [6.07, 6.45) is 4.50. The molecule has 1 aliphatic rings. The van der Waals surface area contributed by atoms with E-state index in [1.165, 1.54) is 24.2 Å². The molecular formula is C17H28N4O2S. The van der Waals surface area contributed by atoms with E-state index in [0.717, 1.165) is 55.9 Å². The zero-order chi connectivity index (χ0) is 17.0. The molecular weight excluding hydrogens is 324 g/mol. The van der Waals surface area contributed by atoms with Crippen LogP contribution in [0.4, 0.5) is 0 Å². The Morgan fingerprint density at radius 3 is 2.67 bits per heavy atom. The van der Waals surface area contributed by atoms with Crippen molar-refractivity contribution >= 4 is 23.2 Å². The van der Waals surface area contributed by atoms with Crippen LogP contribution in [0.15, 0.2) is 22.5 Å². The highest BCUT2D eigenvalue weighted by atomic mass is 32.1. The minimum atomic E-state index is -0.00120. The van der Waals surface area contributed by atoms with Gasteiger partial charge in [-0.1, -0.05) is 6.07 Å². The van der Waals surface area contributed by atoms with Gasteiger partial charge in [-0.2, -0.15) is 0 Å². The molecule has 7 heteroatoms. The highest BCUT2D eigenvalue weighted by Crippen LogP contribution is 2.28. The molecule has 0 aliphatic heterocycles. The lowest BCUT2D eigenvalue weighted by molar-refractivity contribution is 0.0957. The zero-order valence-corrected chi connectivity index (χ0v) is 15.2. The maximum Gasteiger partial charge on any atom is 0.261 e. The first kappa shape index (κ1) is 18.7. The number of nitrogens with zero attached hydrogens (tertiary/aromatic N) is 1. The number of hydrogen-bond acceptors (Lipinski definition) is 4. The van der Waals surface area contributed by atoms with Crippen molar-refractivity contribution in [2.75, 3.05) is 39.9 Å². The number of rotatable bonds is 11. The largest absolute Gasteiger partial charge is 0.381 e. The van der Waals surface area contributed by atoms with E-state index in [0.29, 0.717) is 6.54 Å². The third kappa shape index (κ3) is 7.79. The Morgan fingerprint density at radius 2 is 2.00 bits per heavy atom. The van der Waals surface area contributed by atoms with Crippen LogP contribution in [0.2, 0.25) is 0 Å². The molecule has 0 atom stereocenters. The number of thiophene rings is 1. The average molecular weight is 353 g/mol. The number of guanidine groups is 1.